The molecule has 0 amide bonds. The lowest BCUT2D eigenvalue weighted by Crippen LogP contribution is -2.69. The summed E-state index contributed by atoms with van der Waals surface area (Å²) >= 11 is 0. The molecule has 0 unspecified atom stereocenters. The zero-order valence-electron chi connectivity index (χ0n) is 41.5. The molecule has 3 rings (SSSR count). The Bertz CT molecular complexity index is 1650. The molecule has 2 aliphatic rings. The number of furan rings is 1. The lowest BCUT2D eigenvalue weighted by molar-refractivity contribution is -0.295. The van der Waals surface area contributed by atoms with E-state index in [0.29, 0.717) is 41.6 Å². The van der Waals surface area contributed by atoms with E-state index in [4.69, 9.17) is 32.5 Å². The Morgan fingerprint density at radius 3 is 1.63 bits per heavy atom. The van der Waals surface area contributed by atoms with E-state index < -0.39 is 102 Å². The number of piperidine rings is 1. The summed E-state index contributed by atoms with van der Waals surface area (Å²) in [5, 5.41) is 0. The van der Waals surface area contributed by atoms with Crippen molar-refractivity contribution >= 4 is 38.0 Å². The molecule has 3 heterocycles. The first-order valence-corrected chi connectivity index (χ1v) is 24.8. The molecular weight excluding hydrogens is 811 g/mol. The molecule has 0 spiro atoms. The second kappa shape index (κ2) is 20.4. The molecule has 354 valence electrons. The number of hydrogen-bond donors (Lipinski definition) is 0. The molecule has 62 heavy (non-hydrogen) atoms. The average Bonchev–Trinajstić information content (AvgIpc) is 3.67. The van der Waals surface area contributed by atoms with E-state index in [0.717, 1.165) is 0 Å². The Morgan fingerprint density at radius 1 is 0.726 bits per heavy atom. The molecule has 0 aliphatic carbocycles. The van der Waals surface area contributed by atoms with E-state index in [2.05, 4.69) is 41.5 Å². The smallest absolute Gasteiger partial charge is 0.311 e. The quantitative estimate of drug-likeness (QED) is 0.0710. The monoisotopic (exact) mass is 892 g/mol. The van der Waals surface area contributed by atoms with Crippen LogP contribution in [0, 0.1) is 27.6 Å². The minimum Gasteiger partial charge on any atom is -0.472 e. The number of likely N-dealkylation sites (tertiary alicyclic amines) is 1. The van der Waals surface area contributed by atoms with Gasteiger partial charge in [0.25, 0.3) is 0 Å². The number of rotatable bonds is 15. The maximum atomic E-state index is 14.2. The van der Waals surface area contributed by atoms with Crippen LogP contribution < -0.4 is 0 Å². The van der Waals surface area contributed by atoms with Gasteiger partial charge in [0.1, 0.15) is 18.5 Å². The standard InChI is InChI=1S/C48H81NO12Si/c1-28(2)62(29(3)4,30(5)6)57-23-20-21-33-31(7)35(50)25-34(32-22-24-55-26-32)49(33)40-39(61-44(54)48(17,18)19)38(60-43(53)47(14,15)16)37(59-42(52)46(11,12)13)36(58-40)27-56-41(51)45(8,9)10/h22,24,26,28-31,33-34,36-40H,20-21,23,25,27H2,1-19H3/t31-,33+,34+,36-,37+,38+,39-,40-/m1/s1. The van der Waals surface area contributed by atoms with E-state index in [-0.39, 0.29) is 18.8 Å². The fourth-order valence-corrected chi connectivity index (χ4v) is 14.2. The van der Waals surface area contributed by atoms with Crippen molar-refractivity contribution in [2.45, 2.75) is 210 Å². The summed E-state index contributed by atoms with van der Waals surface area (Å²) in [7, 11) is -2.22. The Labute approximate surface area is 373 Å². The summed E-state index contributed by atoms with van der Waals surface area (Å²) in [6, 6.07) is 0.658. The summed E-state index contributed by atoms with van der Waals surface area (Å²) in [6.07, 6.45) is -2.33. The number of esters is 4. The number of hydrogen-bond acceptors (Lipinski definition) is 13. The first kappa shape index (κ1) is 53.3. The number of carbonyl (C=O) groups excluding carboxylic acids is 5. The summed E-state index contributed by atoms with van der Waals surface area (Å²) in [4.78, 5) is 71.6. The average molecular weight is 892 g/mol. The molecule has 14 heteroatoms. The van der Waals surface area contributed by atoms with Crippen molar-refractivity contribution in [1.82, 2.24) is 4.90 Å². The van der Waals surface area contributed by atoms with Gasteiger partial charge in [-0.15, -0.1) is 0 Å². The largest absolute Gasteiger partial charge is 0.472 e. The molecular formula is C48H81NO12Si. The zero-order valence-corrected chi connectivity index (χ0v) is 42.5. The van der Waals surface area contributed by atoms with Crippen LogP contribution in [0.1, 0.15) is 162 Å². The van der Waals surface area contributed by atoms with Crippen LogP contribution in [0.3, 0.4) is 0 Å². The molecule has 1 aromatic heterocycles. The van der Waals surface area contributed by atoms with Crippen LogP contribution in [0.15, 0.2) is 23.0 Å². The summed E-state index contributed by atoms with van der Waals surface area (Å²) < 4.78 is 44.7. The Hall–Kier alpha value is -3.07. The minimum atomic E-state index is -2.22. The molecule has 1 aromatic rings. The molecule has 0 N–H and O–H groups in total. The van der Waals surface area contributed by atoms with Crippen LogP contribution in [0.4, 0.5) is 0 Å². The van der Waals surface area contributed by atoms with Gasteiger partial charge in [0.2, 0.25) is 0 Å². The predicted molar refractivity (Wildman–Crippen MR) is 239 cm³/mol. The Balaban J connectivity index is 2.35. The predicted octanol–water partition coefficient (Wildman–Crippen LogP) is 9.76. The van der Waals surface area contributed by atoms with Gasteiger partial charge in [0.05, 0.1) is 34.2 Å². The molecule has 0 radical (unpaired) electrons. The van der Waals surface area contributed by atoms with Gasteiger partial charge in [-0.3, -0.25) is 28.9 Å². The maximum absolute atomic E-state index is 14.2. The molecule has 0 bridgehead atoms. The molecule has 2 aliphatic heterocycles. The SMILES string of the molecule is CC(C)[Si](OCCC[C@H]1[C@@H](C)C(=O)C[C@@H](c2ccoc2)N1[C@@H]1O[C@H](COC(=O)C(C)(C)C)[C@H](OC(=O)C(C)(C)C)[C@H](OC(=O)C(C)(C)C)[C@H]1OC(=O)C(C)(C)C)(C(C)C)C(C)C. The van der Waals surface area contributed by atoms with Crippen molar-refractivity contribution in [3.05, 3.63) is 24.2 Å². The van der Waals surface area contributed by atoms with Crippen molar-refractivity contribution in [3.8, 4) is 0 Å². The van der Waals surface area contributed by atoms with E-state index in [1.54, 1.807) is 95.4 Å². The lowest BCUT2D eigenvalue weighted by atomic mass is 9.80. The minimum absolute atomic E-state index is 0.0380. The third kappa shape index (κ3) is 12.6. The van der Waals surface area contributed by atoms with Gasteiger partial charge < -0.3 is 32.5 Å². The van der Waals surface area contributed by atoms with Gasteiger partial charge in [-0.2, -0.15) is 0 Å². The van der Waals surface area contributed by atoms with E-state index in [1.807, 2.05) is 11.8 Å². The van der Waals surface area contributed by atoms with Crippen LogP contribution in [-0.4, -0.2) is 92.8 Å². The third-order valence-corrected chi connectivity index (χ3v) is 18.4. The van der Waals surface area contributed by atoms with Crippen LogP contribution >= 0.6 is 0 Å². The van der Waals surface area contributed by atoms with E-state index >= 15 is 0 Å². The van der Waals surface area contributed by atoms with Crippen molar-refractivity contribution in [2.24, 2.45) is 27.6 Å². The normalized spacial score (nSPS) is 25.9. The van der Waals surface area contributed by atoms with Gasteiger partial charge >= 0.3 is 23.9 Å². The van der Waals surface area contributed by atoms with Crippen LogP contribution in [0.25, 0.3) is 0 Å². The molecule has 2 fully saturated rings. The molecule has 0 saturated carbocycles. The number of Topliss-reactive ketones (excluding diaryl/α,β-unsaturated/α-hetero) is 1. The Kier molecular flexibility index (Phi) is 17.5. The first-order valence-electron chi connectivity index (χ1n) is 22.7. The van der Waals surface area contributed by atoms with E-state index in [9.17, 15) is 24.0 Å². The van der Waals surface area contributed by atoms with Gasteiger partial charge in [0.15, 0.2) is 32.9 Å². The van der Waals surface area contributed by atoms with Crippen molar-refractivity contribution < 1.29 is 56.5 Å². The number of carbonyl (C=O) groups is 5. The third-order valence-electron chi connectivity index (χ3n) is 12.3. The van der Waals surface area contributed by atoms with Crippen molar-refractivity contribution in [1.29, 1.82) is 0 Å². The van der Waals surface area contributed by atoms with Gasteiger partial charge in [0, 0.05) is 36.6 Å². The van der Waals surface area contributed by atoms with Crippen molar-refractivity contribution in [2.75, 3.05) is 13.2 Å². The van der Waals surface area contributed by atoms with Crippen molar-refractivity contribution in [3.63, 3.8) is 0 Å². The molecule has 2 saturated heterocycles. The van der Waals surface area contributed by atoms with Crippen LogP contribution in [0.5, 0.6) is 0 Å². The highest BCUT2D eigenvalue weighted by atomic mass is 28.4. The highest BCUT2D eigenvalue weighted by Gasteiger charge is 2.59. The van der Waals surface area contributed by atoms with Gasteiger partial charge in [-0.1, -0.05) is 48.5 Å². The van der Waals surface area contributed by atoms with Crippen LogP contribution in [0.2, 0.25) is 16.6 Å². The lowest BCUT2D eigenvalue weighted by Gasteiger charge is -2.54. The van der Waals surface area contributed by atoms with E-state index in [1.165, 1.54) is 6.26 Å². The summed E-state index contributed by atoms with van der Waals surface area (Å²) in [5.41, 5.74) is -2.12. The highest BCUT2D eigenvalue weighted by Crippen LogP contribution is 2.46. The number of ketones is 1. The fourth-order valence-electron chi connectivity index (χ4n) is 8.69. The summed E-state index contributed by atoms with van der Waals surface area (Å²) in [6.45, 7) is 35.9. The summed E-state index contributed by atoms with van der Waals surface area (Å²) in [5.74, 6) is -2.89. The molecule has 0 aromatic carbocycles. The highest BCUT2D eigenvalue weighted by molar-refractivity contribution is 6.77. The van der Waals surface area contributed by atoms with Gasteiger partial charge in [-0.25, -0.2) is 0 Å². The zero-order chi connectivity index (χ0) is 47.5. The Morgan fingerprint density at radius 2 is 1.19 bits per heavy atom. The number of nitrogens with zero attached hydrogens (tertiary/aromatic N) is 1. The maximum Gasteiger partial charge on any atom is 0.311 e. The number of ether oxygens (including phenoxy) is 5. The first-order chi connectivity index (χ1) is 28.3. The second-order valence-electron chi connectivity index (χ2n) is 22.6. The van der Waals surface area contributed by atoms with Gasteiger partial charge in [-0.05, 0) is 119 Å². The fraction of sp³-hybridized carbons (Fsp3) is 0.812. The second-order valence-corrected chi connectivity index (χ2v) is 28.1. The molecule has 8 atom stereocenters. The van der Waals surface area contributed by atoms with Crippen LogP contribution in [-0.2, 0) is 52.1 Å². The molecule has 13 nitrogen and oxygen atoms in total. The topological polar surface area (TPSA) is 157 Å².